The Morgan fingerprint density at radius 2 is 1.91 bits per heavy atom. The molecule has 1 fully saturated rings. The van der Waals surface area contributed by atoms with Gasteiger partial charge < -0.3 is 20.4 Å². The molecule has 0 spiro atoms. The average Bonchev–Trinajstić information content (AvgIpc) is 3.04. The Morgan fingerprint density at radius 3 is 2.47 bits per heavy atom. The van der Waals surface area contributed by atoms with Crippen LogP contribution in [0.3, 0.4) is 0 Å². The molecule has 1 aliphatic heterocycles. The lowest BCUT2D eigenvalue weighted by Gasteiger charge is -2.34. The molecule has 3 rings (SSSR count). The molecule has 1 atom stereocenters. The van der Waals surface area contributed by atoms with Gasteiger partial charge in [-0.1, -0.05) is 13.0 Å². The molecule has 0 aliphatic carbocycles. The molecule has 176 valence electrons. The van der Waals surface area contributed by atoms with Crippen molar-refractivity contribution in [3.8, 4) is 0 Å². The van der Waals surface area contributed by atoms with Crippen molar-refractivity contribution in [3.05, 3.63) is 40.8 Å². The Morgan fingerprint density at radius 1 is 1.16 bits per heavy atom. The lowest BCUT2D eigenvalue weighted by atomic mass is 10.1. The summed E-state index contributed by atoms with van der Waals surface area (Å²) in [7, 11) is 2.00. The molecule has 0 bridgehead atoms. The maximum absolute atomic E-state index is 4.79. The van der Waals surface area contributed by atoms with E-state index in [2.05, 4.69) is 72.3 Å². The number of anilines is 1. The maximum atomic E-state index is 4.79. The molecule has 32 heavy (non-hydrogen) atoms. The van der Waals surface area contributed by atoms with E-state index in [1.807, 2.05) is 17.9 Å². The lowest BCUT2D eigenvalue weighted by Crippen LogP contribution is -2.46. The molecule has 2 N–H and O–H groups in total. The molecular weight excluding hydrogens is 400 g/mol. The summed E-state index contributed by atoms with van der Waals surface area (Å²) in [6.45, 7) is 17.6. The van der Waals surface area contributed by atoms with Crippen molar-refractivity contribution in [1.82, 2.24) is 30.3 Å². The molecule has 2 aromatic rings. The monoisotopic (exact) mass is 440 g/mol. The SMILES string of the molecule is CCNC(=NCc1ccc(N2CCN(CC)CC2)nc1)NC(C)Cc1c(C)nn(C)c1C. The number of nitrogens with zero attached hydrogens (tertiary/aromatic N) is 6. The first-order valence-electron chi connectivity index (χ1n) is 11.9. The molecule has 0 saturated carbocycles. The van der Waals surface area contributed by atoms with Crippen LogP contribution in [0, 0.1) is 13.8 Å². The summed E-state index contributed by atoms with van der Waals surface area (Å²) in [6, 6.07) is 4.52. The number of aromatic nitrogens is 3. The number of hydrogen-bond acceptors (Lipinski definition) is 5. The van der Waals surface area contributed by atoms with Crippen LogP contribution in [0.4, 0.5) is 5.82 Å². The second-order valence-corrected chi connectivity index (χ2v) is 8.66. The minimum absolute atomic E-state index is 0.247. The van der Waals surface area contributed by atoms with Gasteiger partial charge in [0.05, 0.1) is 12.2 Å². The van der Waals surface area contributed by atoms with Gasteiger partial charge in [0.1, 0.15) is 5.82 Å². The zero-order valence-electron chi connectivity index (χ0n) is 20.6. The van der Waals surface area contributed by atoms with Crippen LogP contribution in [0.5, 0.6) is 0 Å². The Kier molecular flexibility index (Phi) is 8.50. The summed E-state index contributed by atoms with van der Waals surface area (Å²) in [4.78, 5) is 14.3. The molecule has 1 saturated heterocycles. The lowest BCUT2D eigenvalue weighted by molar-refractivity contribution is 0.270. The van der Waals surface area contributed by atoms with Gasteiger partial charge in [-0.25, -0.2) is 9.98 Å². The highest BCUT2D eigenvalue weighted by Gasteiger charge is 2.17. The number of rotatable bonds is 8. The topological polar surface area (TPSA) is 73.6 Å². The summed E-state index contributed by atoms with van der Waals surface area (Å²) in [5, 5.41) is 11.4. The molecule has 2 aromatic heterocycles. The van der Waals surface area contributed by atoms with E-state index >= 15 is 0 Å². The van der Waals surface area contributed by atoms with Crippen molar-refractivity contribution in [3.63, 3.8) is 0 Å². The van der Waals surface area contributed by atoms with Crippen LogP contribution < -0.4 is 15.5 Å². The normalized spacial score (nSPS) is 16.3. The predicted molar refractivity (Wildman–Crippen MR) is 132 cm³/mol. The van der Waals surface area contributed by atoms with Gasteiger partial charge in [0, 0.05) is 57.7 Å². The summed E-state index contributed by atoms with van der Waals surface area (Å²) in [5.74, 6) is 1.90. The van der Waals surface area contributed by atoms with Crippen molar-refractivity contribution in [2.75, 3.05) is 44.2 Å². The number of aryl methyl sites for hydroxylation is 2. The van der Waals surface area contributed by atoms with E-state index in [0.29, 0.717) is 6.54 Å². The first-order chi connectivity index (χ1) is 15.4. The fraction of sp³-hybridized carbons (Fsp3) is 0.625. The number of pyridine rings is 1. The van der Waals surface area contributed by atoms with Crippen molar-refractivity contribution < 1.29 is 0 Å². The standard InChI is InChI=1S/C24H40N8/c1-7-25-24(28-18(3)15-22-19(4)29-30(6)20(22)5)27-17-21-9-10-23(26-16-21)32-13-11-31(8-2)12-14-32/h9-10,16,18H,7-8,11-15,17H2,1-6H3,(H2,25,27,28). The molecule has 3 heterocycles. The fourth-order valence-corrected chi connectivity index (χ4v) is 4.18. The van der Waals surface area contributed by atoms with Crippen LogP contribution in [0.15, 0.2) is 23.3 Å². The summed E-state index contributed by atoms with van der Waals surface area (Å²) < 4.78 is 1.96. The van der Waals surface area contributed by atoms with Crippen molar-refractivity contribution in [2.24, 2.45) is 12.0 Å². The molecule has 8 heteroatoms. The largest absolute Gasteiger partial charge is 0.357 e. The molecule has 0 aromatic carbocycles. The Hall–Kier alpha value is -2.61. The summed E-state index contributed by atoms with van der Waals surface area (Å²) in [6.07, 6.45) is 2.87. The van der Waals surface area contributed by atoms with Gasteiger partial charge in [0.15, 0.2) is 5.96 Å². The highest BCUT2D eigenvalue weighted by Crippen LogP contribution is 2.15. The molecule has 0 radical (unpaired) electrons. The fourth-order valence-electron chi connectivity index (χ4n) is 4.18. The minimum Gasteiger partial charge on any atom is -0.357 e. The Balaban J connectivity index is 1.57. The number of guanidine groups is 1. The highest BCUT2D eigenvalue weighted by atomic mass is 15.3. The summed E-state index contributed by atoms with van der Waals surface area (Å²) >= 11 is 0. The van der Waals surface area contributed by atoms with Crippen molar-refractivity contribution in [1.29, 1.82) is 0 Å². The van der Waals surface area contributed by atoms with Gasteiger partial charge in [-0.15, -0.1) is 0 Å². The third-order valence-electron chi connectivity index (χ3n) is 6.27. The van der Waals surface area contributed by atoms with Crippen molar-refractivity contribution in [2.45, 2.75) is 53.6 Å². The number of likely N-dealkylation sites (N-methyl/N-ethyl adjacent to an activating group) is 1. The minimum atomic E-state index is 0.247. The van der Waals surface area contributed by atoms with E-state index in [1.165, 1.54) is 11.3 Å². The number of hydrogen-bond donors (Lipinski definition) is 2. The zero-order valence-corrected chi connectivity index (χ0v) is 20.6. The third-order valence-corrected chi connectivity index (χ3v) is 6.27. The first kappa shape index (κ1) is 24.0. The Bertz CT molecular complexity index is 878. The van der Waals surface area contributed by atoms with Crippen LogP contribution in [-0.2, 0) is 20.0 Å². The predicted octanol–water partition coefficient (Wildman–Crippen LogP) is 2.26. The molecule has 8 nitrogen and oxygen atoms in total. The smallest absolute Gasteiger partial charge is 0.191 e. The van der Waals surface area contributed by atoms with Crippen LogP contribution in [0.25, 0.3) is 0 Å². The molecular formula is C24H40N8. The quantitative estimate of drug-likeness (QED) is 0.485. The number of nitrogens with one attached hydrogen (secondary N) is 2. The molecule has 1 aliphatic rings. The third kappa shape index (κ3) is 6.22. The maximum Gasteiger partial charge on any atom is 0.191 e. The number of aliphatic imine (C=N–C) groups is 1. The van der Waals surface area contributed by atoms with Crippen LogP contribution in [0.1, 0.15) is 43.3 Å². The first-order valence-corrected chi connectivity index (χ1v) is 11.9. The van der Waals surface area contributed by atoms with Gasteiger partial charge in [-0.3, -0.25) is 4.68 Å². The van der Waals surface area contributed by atoms with E-state index in [-0.39, 0.29) is 6.04 Å². The van der Waals surface area contributed by atoms with E-state index in [0.717, 1.165) is 68.7 Å². The van der Waals surface area contributed by atoms with E-state index in [9.17, 15) is 0 Å². The van der Waals surface area contributed by atoms with Crippen LogP contribution in [0.2, 0.25) is 0 Å². The van der Waals surface area contributed by atoms with Gasteiger partial charge in [0.25, 0.3) is 0 Å². The zero-order chi connectivity index (χ0) is 23.1. The van der Waals surface area contributed by atoms with E-state index < -0.39 is 0 Å². The second-order valence-electron chi connectivity index (χ2n) is 8.66. The van der Waals surface area contributed by atoms with Crippen molar-refractivity contribution >= 4 is 11.8 Å². The van der Waals surface area contributed by atoms with Crippen LogP contribution in [-0.4, -0.2) is 70.9 Å². The van der Waals surface area contributed by atoms with Crippen LogP contribution >= 0.6 is 0 Å². The Labute approximate surface area is 193 Å². The number of piperazine rings is 1. The van der Waals surface area contributed by atoms with Gasteiger partial charge in [-0.05, 0) is 57.9 Å². The second kappa shape index (κ2) is 11.3. The highest BCUT2D eigenvalue weighted by molar-refractivity contribution is 5.80. The molecule has 0 amide bonds. The molecule has 1 unspecified atom stereocenters. The summed E-state index contributed by atoms with van der Waals surface area (Å²) in [5.41, 5.74) is 4.75. The van der Waals surface area contributed by atoms with E-state index in [1.54, 1.807) is 0 Å². The van der Waals surface area contributed by atoms with Gasteiger partial charge >= 0.3 is 0 Å². The van der Waals surface area contributed by atoms with E-state index in [4.69, 9.17) is 9.98 Å². The van der Waals surface area contributed by atoms with Gasteiger partial charge in [0.2, 0.25) is 0 Å². The van der Waals surface area contributed by atoms with Gasteiger partial charge in [-0.2, -0.15) is 5.10 Å². The average molecular weight is 441 g/mol.